The van der Waals surface area contributed by atoms with Gasteiger partial charge in [-0.15, -0.1) is 12.4 Å². The minimum Gasteiger partial charge on any atom is -0.341 e. The monoisotopic (exact) mass is 274 g/mol. The molecule has 0 aromatic heterocycles. The molecule has 0 aromatic rings. The predicted molar refractivity (Wildman–Crippen MR) is 77.1 cm³/mol. The van der Waals surface area contributed by atoms with E-state index in [9.17, 15) is 4.79 Å². The second-order valence-corrected chi connectivity index (χ2v) is 5.53. The highest BCUT2D eigenvalue weighted by Crippen LogP contribution is 2.21. The van der Waals surface area contributed by atoms with E-state index >= 15 is 0 Å². The van der Waals surface area contributed by atoms with E-state index in [1.807, 2.05) is 0 Å². The largest absolute Gasteiger partial charge is 0.341 e. The third-order valence-corrected chi connectivity index (χ3v) is 4.35. The third-order valence-electron chi connectivity index (χ3n) is 4.35. The molecule has 2 saturated heterocycles. The fourth-order valence-electron chi connectivity index (χ4n) is 3.08. The topological polar surface area (TPSA) is 32.3 Å². The highest BCUT2D eigenvalue weighted by Gasteiger charge is 2.27. The van der Waals surface area contributed by atoms with Crippen molar-refractivity contribution in [2.75, 3.05) is 19.6 Å². The summed E-state index contributed by atoms with van der Waals surface area (Å²) in [6.45, 7) is 5.25. The van der Waals surface area contributed by atoms with Gasteiger partial charge in [-0.05, 0) is 44.6 Å². The van der Waals surface area contributed by atoms with Crippen LogP contribution < -0.4 is 5.32 Å². The Morgan fingerprint density at radius 1 is 1.17 bits per heavy atom. The number of hydrogen-bond donors (Lipinski definition) is 1. The summed E-state index contributed by atoms with van der Waals surface area (Å²) in [5.74, 6) is 1.20. The van der Waals surface area contributed by atoms with Gasteiger partial charge in [0.25, 0.3) is 0 Å². The molecule has 1 amide bonds. The van der Waals surface area contributed by atoms with Gasteiger partial charge in [0.1, 0.15) is 0 Å². The quantitative estimate of drug-likeness (QED) is 0.839. The Morgan fingerprint density at radius 3 is 2.67 bits per heavy atom. The molecule has 0 aromatic carbocycles. The van der Waals surface area contributed by atoms with Gasteiger partial charge in [0.05, 0.1) is 6.04 Å². The van der Waals surface area contributed by atoms with Gasteiger partial charge < -0.3 is 10.2 Å². The molecule has 2 rings (SSSR count). The minimum atomic E-state index is 0. The average Bonchev–Trinajstić information content (AvgIpc) is 2.64. The normalized spacial score (nSPS) is 29.3. The summed E-state index contributed by atoms with van der Waals surface area (Å²) in [5, 5.41) is 3.37. The van der Waals surface area contributed by atoms with Crippen molar-refractivity contribution in [1.29, 1.82) is 0 Å². The maximum absolute atomic E-state index is 12.4. The van der Waals surface area contributed by atoms with Crippen molar-refractivity contribution >= 4 is 18.3 Å². The average molecular weight is 275 g/mol. The number of rotatable bonds is 2. The van der Waals surface area contributed by atoms with Crippen LogP contribution in [0.4, 0.5) is 0 Å². The summed E-state index contributed by atoms with van der Waals surface area (Å²) in [6.07, 6.45) is 8.43. The number of carbonyl (C=O) groups excluding carboxylic acids is 1. The van der Waals surface area contributed by atoms with Gasteiger partial charge in [-0.2, -0.15) is 0 Å². The van der Waals surface area contributed by atoms with Crippen LogP contribution in [0.5, 0.6) is 0 Å². The molecule has 0 bridgehead atoms. The summed E-state index contributed by atoms with van der Waals surface area (Å²) < 4.78 is 0. The Morgan fingerprint density at radius 2 is 2.00 bits per heavy atom. The molecule has 106 valence electrons. The van der Waals surface area contributed by atoms with Crippen LogP contribution in [0.2, 0.25) is 0 Å². The second kappa shape index (κ2) is 8.00. The van der Waals surface area contributed by atoms with Crippen molar-refractivity contribution in [3.63, 3.8) is 0 Å². The summed E-state index contributed by atoms with van der Waals surface area (Å²) in [7, 11) is 0. The van der Waals surface area contributed by atoms with Crippen molar-refractivity contribution in [3.8, 4) is 0 Å². The summed E-state index contributed by atoms with van der Waals surface area (Å²) >= 11 is 0. The predicted octanol–water partition coefficient (Wildman–Crippen LogP) is 2.59. The van der Waals surface area contributed by atoms with Crippen LogP contribution in [0, 0.1) is 5.92 Å². The Kier molecular flexibility index (Phi) is 7.02. The minimum absolute atomic E-state index is 0. The van der Waals surface area contributed by atoms with E-state index < -0.39 is 0 Å². The van der Waals surface area contributed by atoms with E-state index in [0.717, 1.165) is 32.0 Å². The van der Waals surface area contributed by atoms with Crippen LogP contribution in [-0.2, 0) is 4.79 Å². The van der Waals surface area contributed by atoms with Crippen LogP contribution in [-0.4, -0.2) is 36.5 Å². The van der Waals surface area contributed by atoms with Gasteiger partial charge in [-0.1, -0.05) is 19.8 Å². The number of likely N-dealkylation sites (tertiary alicyclic amines) is 1. The molecule has 0 saturated carbocycles. The van der Waals surface area contributed by atoms with Crippen molar-refractivity contribution in [1.82, 2.24) is 10.2 Å². The standard InChI is InChI=1S/C14H26N2O.ClH/c1-2-12-6-5-10-16(11-8-12)14(17)13-7-3-4-9-15-13;/h12-13,15H,2-11H2,1H3;1H. The Balaban J connectivity index is 0.00000162. The molecule has 2 fully saturated rings. The zero-order valence-electron chi connectivity index (χ0n) is 11.5. The van der Waals surface area contributed by atoms with Gasteiger partial charge in [0, 0.05) is 13.1 Å². The van der Waals surface area contributed by atoms with Crippen molar-refractivity contribution in [2.24, 2.45) is 5.92 Å². The van der Waals surface area contributed by atoms with Crippen molar-refractivity contribution < 1.29 is 4.79 Å². The maximum Gasteiger partial charge on any atom is 0.239 e. The first-order chi connectivity index (χ1) is 8.31. The van der Waals surface area contributed by atoms with E-state index in [1.54, 1.807) is 0 Å². The molecule has 2 heterocycles. The molecule has 2 unspecified atom stereocenters. The Hall–Kier alpha value is -0.280. The van der Waals surface area contributed by atoms with Crippen LogP contribution in [0.1, 0.15) is 51.9 Å². The molecule has 0 radical (unpaired) electrons. The highest BCUT2D eigenvalue weighted by atomic mass is 35.5. The zero-order chi connectivity index (χ0) is 12.1. The number of piperidine rings is 1. The molecule has 3 nitrogen and oxygen atoms in total. The van der Waals surface area contributed by atoms with Gasteiger partial charge in [-0.3, -0.25) is 4.79 Å². The maximum atomic E-state index is 12.4. The number of carbonyl (C=O) groups is 1. The van der Waals surface area contributed by atoms with Crippen molar-refractivity contribution in [3.05, 3.63) is 0 Å². The lowest BCUT2D eigenvalue weighted by Crippen LogP contribution is -2.48. The van der Waals surface area contributed by atoms with Crippen LogP contribution >= 0.6 is 12.4 Å². The zero-order valence-corrected chi connectivity index (χ0v) is 12.3. The van der Waals surface area contributed by atoms with Crippen LogP contribution in [0.15, 0.2) is 0 Å². The van der Waals surface area contributed by atoms with E-state index in [2.05, 4.69) is 17.1 Å². The number of amides is 1. The molecule has 1 N–H and O–H groups in total. The summed E-state index contributed by atoms with van der Waals surface area (Å²) in [4.78, 5) is 14.5. The lowest BCUT2D eigenvalue weighted by atomic mass is 9.98. The fourth-order valence-corrected chi connectivity index (χ4v) is 3.08. The smallest absolute Gasteiger partial charge is 0.239 e. The van der Waals surface area contributed by atoms with Gasteiger partial charge in [-0.25, -0.2) is 0 Å². The lowest BCUT2D eigenvalue weighted by molar-refractivity contribution is -0.134. The van der Waals surface area contributed by atoms with Gasteiger partial charge in [0.15, 0.2) is 0 Å². The SMILES string of the molecule is CCC1CCCN(C(=O)C2CCCCN2)CC1.Cl. The first-order valence-electron chi connectivity index (χ1n) is 7.33. The Labute approximate surface area is 117 Å². The summed E-state index contributed by atoms with van der Waals surface area (Å²) in [6, 6.07) is 0.113. The third kappa shape index (κ3) is 4.13. The number of nitrogens with zero attached hydrogens (tertiary/aromatic N) is 1. The van der Waals surface area contributed by atoms with Crippen LogP contribution in [0.3, 0.4) is 0 Å². The first kappa shape index (κ1) is 15.8. The molecular weight excluding hydrogens is 248 g/mol. The molecule has 2 aliphatic rings. The molecule has 0 aliphatic carbocycles. The number of hydrogen-bond acceptors (Lipinski definition) is 2. The van der Waals surface area contributed by atoms with E-state index in [-0.39, 0.29) is 18.4 Å². The van der Waals surface area contributed by atoms with E-state index in [4.69, 9.17) is 0 Å². The van der Waals surface area contributed by atoms with Crippen LogP contribution in [0.25, 0.3) is 0 Å². The molecular formula is C14H27ClN2O. The lowest BCUT2D eigenvalue weighted by Gasteiger charge is -2.29. The molecule has 2 aliphatic heterocycles. The van der Waals surface area contributed by atoms with E-state index in [1.165, 1.54) is 38.5 Å². The number of nitrogens with one attached hydrogen (secondary N) is 1. The number of halogens is 1. The highest BCUT2D eigenvalue weighted by molar-refractivity contribution is 5.85. The Bertz CT molecular complexity index is 254. The van der Waals surface area contributed by atoms with E-state index in [0.29, 0.717) is 5.91 Å². The fraction of sp³-hybridized carbons (Fsp3) is 0.929. The van der Waals surface area contributed by atoms with Crippen molar-refractivity contribution in [2.45, 2.75) is 57.9 Å². The molecule has 4 heteroatoms. The second-order valence-electron chi connectivity index (χ2n) is 5.53. The molecule has 2 atom stereocenters. The summed E-state index contributed by atoms with van der Waals surface area (Å²) in [5.41, 5.74) is 0. The molecule has 0 spiro atoms. The first-order valence-corrected chi connectivity index (χ1v) is 7.33. The van der Waals surface area contributed by atoms with Gasteiger partial charge >= 0.3 is 0 Å². The molecule has 18 heavy (non-hydrogen) atoms. The van der Waals surface area contributed by atoms with Gasteiger partial charge in [0.2, 0.25) is 5.91 Å².